The Morgan fingerprint density at radius 2 is 2.03 bits per heavy atom. The van der Waals surface area contributed by atoms with E-state index in [1.165, 1.54) is 7.11 Å². The number of nitrogens with zero attached hydrogens (tertiary/aromatic N) is 5. The number of aryl methyl sites for hydroxylation is 2. The highest BCUT2D eigenvalue weighted by atomic mass is 35.5. The molecule has 0 bridgehead atoms. The highest BCUT2D eigenvalue weighted by Crippen LogP contribution is 2.40. The predicted molar refractivity (Wildman–Crippen MR) is 136 cm³/mol. The summed E-state index contributed by atoms with van der Waals surface area (Å²) in [5, 5.41) is 10.1. The Morgan fingerprint density at radius 1 is 1.22 bits per heavy atom. The van der Waals surface area contributed by atoms with Gasteiger partial charge in [0, 0.05) is 24.1 Å². The lowest BCUT2D eigenvalue weighted by Crippen LogP contribution is -2.42. The first-order valence-corrected chi connectivity index (χ1v) is 12.8. The van der Waals surface area contributed by atoms with Crippen LogP contribution in [-0.4, -0.2) is 49.8 Å². The highest BCUT2D eigenvalue weighted by Gasteiger charge is 2.34. The number of carboxylic acids is 1. The molecular weight excluding hydrogens is 482 g/mol. The standard InChI is InChI=1S/C26H30ClN5O4/c1-14-7-8-19-20(31(14)26(35)36-3)9-10-21-23(19)30-22(12-17-13-28-24(27)15(2)29-17)32(21)18-6-4-5-16(11-18)25(33)34/h9-10,13-14,16,18H,4-8,11-12H2,1-3H3,(H,33,34)/t14-,16+,18+/m0/s1. The first-order chi connectivity index (χ1) is 17.3. The summed E-state index contributed by atoms with van der Waals surface area (Å²) in [5.41, 5.74) is 5.04. The maximum atomic E-state index is 12.6. The number of methoxy groups -OCH3 is 1. The average Bonchev–Trinajstić information content (AvgIpc) is 3.23. The van der Waals surface area contributed by atoms with Crippen LogP contribution in [0.3, 0.4) is 0 Å². The average molecular weight is 512 g/mol. The molecule has 0 radical (unpaired) electrons. The number of imidazole rings is 1. The van der Waals surface area contributed by atoms with Gasteiger partial charge in [-0.05, 0) is 58.1 Å². The van der Waals surface area contributed by atoms with Gasteiger partial charge in [0.2, 0.25) is 0 Å². The zero-order valence-electron chi connectivity index (χ0n) is 20.7. The number of benzene rings is 1. The lowest BCUT2D eigenvalue weighted by atomic mass is 9.85. The van der Waals surface area contributed by atoms with E-state index in [0.29, 0.717) is 30.1 Å². The Bertz CT molecular complexity index is 1340. The molecule has 0 spiro atoms. The minimum absolute atomic E-state index is 0.0125. The molecule has 36 heavy (non-hydrogen) atoms. The monoisotopic (exact) mass is 511 g/mol. The van der Waals surface area contributed by atoms with Crippen molar-refractivity contribution in [3.05, 3.63) is 46.3 Å². The second kappa shape index (κ2) is 9.69. The van der Waals surface area contributed by atoms with Gasteiger partial charge in [-0.1, -0.05) is 18.0 Å². The number of carboxylic acid groups (broad SMARTS) is 1. The lowest BCUT2D eigenvalue weighted by Gasteiger charge is -2.34. The summed E-state index contributed by atoms with van der Waals surface area (Å²) in [6.45, 7) is 3.84. The van der Waals surface area contributed by atoms with Crippen molar-refractivity contribution in [3.8, 4) is 0 Å². The van der Waals surface area contributed by atoms with Gasteiger partial charge in [-0.2, -0.15) is 0 Å². The zero-order chi connectivity index (χ0) is 25.6. The van der Waals surface area contributed by atoms with Gasteiger partial charge in [0.15, 0.2) is 0 Å². The maximum Gasteiger partial charge on any atom is 0.414 e. The second-order valence-electron chi connectivity index (χ2n) is 9.83. The molecule has 1 aromatic carbocycles. The molecule has 2 aromatic heterocycles. The van der Waals surface area contributed by atoms with E-state index in [0.717, 1.165) is 59.5 Å². The number of amides is 1. The predicted octanol–water partition coefficient (Wildman–Crippen LogP) is 5.10. The van der Waals surface area contributed by atoms with E-state index < -0.39 is 5.97 Å². The van der Waals surface area contributed by atoms with E-state index in [4.69, 9.17) is 21.3 Å². The summed E-state index contributed by atoms with van der Waals surface area (Å²) in [4.78, 5) is 40.1. The van der Waals surface area contributed by atoms with Crippen molar-refractivity contribution in [2.75, 3.05) is 12.0 Å². The van der Waals surface area contributed by atoms with Crippen molar-refractivity contribution < 1.29 is 19.4 Å². The second-order valence-corrected chi connectivity index (χ2v) is 10.2. The molecule has 0 unspecified atom stereocenters. The molecule has 1 aliphatic heterocycles. The van der Waals surface area contributed by atoms with Crippen LogP contribution in [0.2, 0.25) is 5.15 Å². The van der Waals surface area contributed by atoms with Crippen LogP contribution in [0.15, 0.2) is 18.3 Å². The Balaban J connectivity index is 1.65. The molecule has 1 aliphatic carbocycles. The maximum absolute atomic E-state index is 12.6. The lowest BCUT2D eigenvalue weighted by molar-refractivity contribution is -0.143. The number of anilines is 1. The van der Waals surface area contributed by atoms with E-state index in [-0.39, 0.29) is 24.1 Å². The molecule has 190 valence electrons. The van der Waals surface area contributed by atoms with Crippen LogP contribution in [-0.2, 0) is 22.4 Å². The van der Waals surface area contributed by atoms with Gasteiger partial charge in [-0.3, -0.25) is 14.7 Å². The molecule has 3 aromatic rings. The van der Waals surface area contributed by atoms with Crippen molar-refractivity contribution >= 4 is 40.4 Å². The molecular formula is C26H30ClN5O4. The van der Waals surface area contributed by atoms with Gasteiger partial charge in [-0.15, -0.1) is 0 Å². The topological polar surface area (TPSA) is 110 Å². The highest BCUT2D eigenvalue weighted by molar-refractivity contribution is 6.29. The van der Waals surface area contributed by atoms with Crippen LogP contribution < -0.4 is 4.90 Å². The minimum atomic E-state index is -0.745. The van der Waals surface area contributed by atoms with Gasteiger partial charge in [0.25, 0.3) is 0 Å². The molecule has 0 saturated heterocycles. The number of carbonyl (C=O) groups is 2. The molecule has 1 saturated carbocycles. The molecule has 1 amide bonds. The summed E-state index contributed by atoms with van der Waals surface area (Å²) in [6.07, 6.45) is 6.30. The molecule has 1 N–H and O–H groups in total. The third-order valence-electron chi connectivity index (χ3n) is 7.54. The number of fused-ring (bicyclic) bond motifs is 3. The summed E-state index contributed by atoms with van der Waals surface area (Å²) in [7, 11) is 1.39. The third-order valence-corrected chi connectivity index (χ3v) is 7.91. The fourth-order valence-electron chi connectivity index (χ4n) is 5.74. The number of aromatic nitrogens is 4. The Hall–Kier alpha value is -3.20. The van der Waals surface area contributed by atoms with Crippen molar-refractivity contribution in [3.63, 3.8) is 0 Å². The quantitative estimate of drug-likeness (QED) is 0.518. The number of aliphatic carboxylic acids is 1. The molecule has 2 aliphatic rings. The fraction of sp³-hybridized carbons (Fsp3) is 0.500. The summed E-state index contributed by atoms with van der Waals surface area (Å²) in [5.74, 6) is -0.307. The van der Waals surface area contributed by atoms with Crippen LogP contribution in [0.1, 0.15) is 67.8 Å². The van der Waals surface area contributed by atoms with Gasteiger partial charge in [-0.25, -0.2) is 14.8 Å². The van der Waals surface area contributed by atoms with Crippen LogP contribution >= 0.6 is 11.6 Å². The number of carbonyl (C=O) groups excluding carboxylic acids is 1. The van der Waals surface area contributed by atoms with E-state index in [1.807, 2.05) is 26.0 Å². The minimum Gasteiger partial charge on any atom is -0.481 e. The normalized spacial score (nSPS) is 21.9. The number of hydrogen-bond acceptors (Lipinski definition) is 6. The summed E-state index contributed by atoms with van der Waals surface area (Å²) < 4.78 is 7.27. The molecule has 5 rings (SSSR count). The van der Waals surface area contributed by atoms with Gasteiger partial charge >= 0.3 is 12.1 Å². The molecule has 3 atom stereocenters. The van der Waals surface area contributed by atoms with Crippen molar-refractivity contribution in [2.24, 2.45) is 5.92 Å². The van der Waals surface area contributed by atoms with E-state index in [1.54, 1.807) is 11.1 Å². The van der Waals surface area contributed by atoms with Crippen LogP contribution in [0.4, 0.5) is 10.5 Å². The van der Waals surface area contributed by atoms with Crippen LogP contribution in [0.5, 0.6) is 0 Å². The Kier molecular flexibility index (Phi) is 6.59. The molecule has 10 heteroatoms. The summed E-state index contributed by atoms with van der Waals surface area (Å²) >= 11 is 6.10. The molecule has 3 heterocycles. The van der Waals surface area contributed by atoms with Gasteiger partial charge < -0.3 is 14.4 Å². The largest absolute Gasteiger partial charge is 0.481 e. The Morgan fingerprint density at radius 3 is 2.75 bits per heavy atom. The van der Waals surface area contributed by atoms with Crippen molar-refractivity contribution in [1.29, 1.82) is 0 Å². The van der Waals surface area contributed by atoms with E-state index >= 15 is 0 Å². The smallest absolute Gasteiger partial charge is 0.414 e. The third kappa shape index (κ3) is 4.30. The number of hydrogen-bond donors (Lipinski definition) is 1. The van der Waals surface area contributed by atoms with Gasteiger partial charge in [0.1, 0.15) is 11.0 Å². The Labute approximate surface area is 214 Å². The van der Waals surface area contributed by atoms with E-state index in [9.17, 15) is 14.7 Å². The first kappa shape index (κ1) is 24.5. The number of rotatable bonds is 4. The van der Waals surface area contributed by atoms with Crippen molar-refractivity contribution in [2.45, 2.75) is 70.9 Å². The van der Waals surface area contributed by atoms with Gasteiger partial charge in [0.05, 0.1) is 47.3 Å². The van der Waals surface area contributed by atoms with Crippen molar-refractivity contribution in [1.82, 2.24) is 19.5 Å². The number of ether oxygens (including phenoxy) is 1. The number of halogens is 1. The molecule has 9 nitrogen and oxygen atoms in total. The van der Waals surface area contributed by atoms with E-state index in [2.05, 4.69) is 14.5 Å². The first-order valence-electron chi connectivity index (χ1n) is 12.4. The zero-order valence-corrected chi connectivity index (χ0v) is 21.5. The fourth-order valence-corrected chi connectivity index (χ4v) is 5.83. The van der Waals surface area contributed by atoms with Crippen LogP contribution in [0.25, 0.3) is 11.0 Å². The summed E-state index contributed by atoms with van der Waals surface area (Å²) in [6, 6.07) is 4.00. The SMILES string of the molecule is COC(=O)N1c2ccc3c(nc(Cc4cnc(Cl)c(C)n4)n3[C@@H]3CCC[C@@H](C(=O)O)C3)c2CC[C@@H]1C. The van der Waals surface area contributed by atoms with Crippen LogP contribution in [0, 0.1) is 12.8 Å². The molecule has 1 fully saturated rings.